The van der Waals surface area contributed by atoms with E-state index in [2.05, 4.69) is 32.1 Å². The van der Waals surface area contributed by atoms with E-state index in [4.69, 9.17) is 18.5 Å². The summed E-state index contributed by atoms with van der Waals surface area (Å²) in [5.74, 6) is -0.915. The van der Waals surface area contributed by atoms with Gasteiger partial charge in [-0.2, -0.15) is 0 Å². The van der Waals surface area contributed by atoms with E-state index in [1.165, 1.54) is 38.5 Å². The van der Waals surface area contributed by atoms with Crippen LogP contribution in [-0.4, -0.2) is 74.9 Å². The van der Waals surface area contributed by atoms with Crippen LogP contribution in [-0.2, 0) is 32.7 Å². The molecule has 2 atom stereocenters. The molecule has 0 heterocycles. The zero-order valence-electron chi connectivity index (χ0n) is 31.8. The van der Waals surface area contributed by atoms with Crippen molar-refractivity contribution < 1.29 is 42.1 Å². The summed E-state index contributed by atoms with van der Waals surface area (Å²) in [5.41, 5.74) is 0. The van der Waals surface area contributed by atoms with Crippen LogP contribution in [0.2, 0.25) is 0 Å². The molecule has 0 aromatic rings. The van der Waals surface area contributed by atoms with Crippen LogP contribution in [0.15, 0.2) is 72.9 Å². The molecule has 0 aromatic heterocycles. The Hall–Kier alpha value is -2.55. The van der Waals surface area contributed by atoms with Gasteiger partial charge in [0.25, 0.3) is 0 Å². The lowest BCUT2D eigenvalue weighted by Crippen LogP contribution is -2.37. The molecule has 0 aromatic carbocycles. The third kappa shape index (κ3) is 35.3. The molecular weight excluding hydrogens is 653 g/mol. The summed E-state index contributed by atoms with van der Waals surface area (Å²) in [6.07, 6.45) is 38.3. The predicted molar refractivity (Wildman–Crippen MR) is 206 cm³/mol. The number of hydrogen-bond acceptors (Lipinski definition) is 7. The lowest BCUT2D eigenvalue weighted by Gasteiger charge is -2.24. The Bertz CT molecular complexity index is 1090. The molecule has 0 fully saturated rings. The molecular formula is C40H69NO8P+. The molecule has 0 aliphatic rings. The van der Waals surface area contributed by atoms with E-state index in [-0.39, 0.29) is 26.1 Å². The standard InChI is InChI=1S/C40H68NO8P/c1-6-8-10-12-14-16-18-20-22-24-26-28-30-32-39(42)46-36-38(37-48-50(44,45)47-35-34-41(3,4)5)49-40(43)33-31-29-27-25-23-21-19-17-15-13-11-9-7-2/h9,11,13,15,17,19-23,25,27,38H,6-8,10,12,14,16,18,24,26,28-37H2,1-5H3/p+1/b11-9+,15-13+,19-17+,22-20+,23-21+,27-25+. The van der Waals surface area contributed by atoms with Crippen molar-refractivity contribution >= 4 is 19.8 Å². The van der Waals surface area contributed by atoms with Gasteiger partial charge in [-0.3, -0.25) is 18.6 Å². The van der Waals surface area contributed by atoms with Gasteiger partial charge in [-0.05, 0) is 51.4 Å². The van der Waals surface area contributed by atoms with Crippen molar-refractivity contribution in [2.24, 2.45) is 0 Å². The number of esters is 2. The van der Waals surface area contributed by atoms with Crippen molar-refractivity contribution in [3.8, 4) is 0 Å². The molecule has 0 saturated heterocycles. The van der Waals surface area contributed by atoms with Crippen LogP contribution in [0.1, 0.15) is 117 Å². The monoisotopic (exact) mass is 722 g/mol. The number of quaternary nitrogens is 1. The maximum absolute atomic E-state index is 12.6. The SMILES string of the molecule is CC/C=C/C=C/C=C/C=C/C=C/CCCC(=O)OC(COC(=O)CCCCC/C=C/CCCCCCCC)COP(=O)(O)OCC[N+](C)(C)C. The molecule has 0 saturated carbocycles. The molecule has 1 N–H and O–H groups in total. The van der Waals surface area contributed by atoms with Gasteiger partial charge in [0.15, 0.2) is 6.10 Å². The molecule has 0 amide bonds. The number of carbonyl (C=O) groups excluding carboxylic acids is 2. The largest absolute Gasteiger partial charge is 0.472 e. The van der Waals surface area contributed by atoms with Crippen LogP contribution in [0.3, 0.4) is 0 Å². The highest BCUT2D eigenvalue weighted by Gasteiger charge is 2.27. The van der Waals surface area contributed by atoms with Crippen molar-refractivity contribution in [3.63, 3.8) is 0 Å². The molecule has 10 heteroatoms. The smallest absolute Gasteiger partial charge is 0.462 e. The van der Waals surface area contributed by atoms with E-state index in [9.17, 15) is 19.0 Å². The molecule has 0 radical (unpaired) electrons. The summed E-state index contributed by atoms with van der Waals surface area (Å²) in [6, 6.07) is 0. The first-order valence-corrected chi connectivity index (χ1v) is 20.2. The van der Waals surface area contributed by atoms with Gasteiger partial charge in [-0.25, -0.2) is 4.57 Å². The minimum absolute atomic E-state index is 0.0122. The molecule has 286 valence electrons. The number of unbranched alkanes of at least 4 members (excludes halogenated alkanes) is 10. The van der Waals surface area contributed by atoms with Crippen LogP contribution in [0.25, 0.3) is 0 Å². The number of carbonyl (C=O) groups is 2. The maximum Gasteiger partial charge on any atom is 0.472 e. The summed E-state index contributed by atoms with van der Waals surface area (Å²) < 4.78 is 34.0. The van der Waals surface area contributed by atoms with Gasteiger partial charge in [-0.15, -0.1) is 0 Å². The molecule has 2 unspecified atom stereocenters. The van der Waals surface area contributed by atoms with E-state index in [0.29, 0.717) is 30.3 Å². The molecule has 50 heavy (non-hydrogen) atoms. The summed E-state index contributed by atoms with van der Waals surface area (Å²) in [5, 5.41) is 0. The lowest BCUT2D eigenvalue weighted by atomic mass is 10.1. The Morgan fingerprint density at radius 1 is 0.640 bits per heavy atom. The van der Waals surface area contributed by atoms with E-state index in [1.54, 1.807) is 0 Å². The Morgan fingerprint density at radius 2 is 1.18 bits per heavy atom. The van der Waals surface area contributed by atoms with Crippen LogP contribution >= 0.6 is 7.82 Å². The topological polar surface area (TPSA) is 108 Å². The van der Waals surface area contributed by atoms with Crippen LogP contribution in [0.4, 0.5) is 0 Å². The normalized spacial score (nSPS) is 14.6. The van der Waals surface area contributed by atoms with Gasteiger partial charge in [0.05, 0.1) is 27.7 Å². The summed E-state index contributed by atoms with van der Waals surface area (Å²) >= 11 is 0. The zero-order valence-corrected chi connectivity index (χ0v) is 32.7. The molecule has 9 nitrogen and oxygen atoms in total. The van der Waals surface area contributed by atoms with E-state index >= 15 is 0 Å². The second-order valence-electron chi connectivity index (χ2n) is 13.3. The highest BCUT2D eigenvalue weighted by Crippen LogP contribution is 2.43. The van der Waals surface area contributed by atoms with Crippen molar-refractivity contribution in [1.29, 1.82) is 0 Å². The van der Waals surface area contributed by atoms with E-state index in [1.807, 2.05) is 75.8 Å². The number of phosphoric acid groups is 1. The molecule has 0 aliphatic carbocycles. The summed E-state index contributed by atoms with van der Waals surface area (Å²) in [4.78, 5) is 35.1. The van der Waals surface area contributed by atoms with E-state index in [0.717, 1.165) is 32.1 Å². The number of allylic oxidation sites excluding steroid dienone is 12. The number of likely N-dealkylation sites (N-methyl/N-ethyl adjacent to an activating group) is 1. The van der Waals surface area contributed by atoms with Gasteiger partial charge < -0.3 is 18.9 Å². The number of hydrogen-bond donors (Lipinski definition) is 1. The average molecular weight is 723 g/mol. The van der Waals surface area contributed by atoms with Gasteiger partial charge in [0, 0.05) is 12.8 Å². The number of phosphoric ester groups is 1. The first-order valence-electron chi connectivity index (χ1n) is 18.7. The minimum atomic E-state index is -4.39. The lowest BCUT2D eigenvalue weighted by molar-refractivity contribution is -0.870. The van der Waals surface area contributed by atoms with Crippen molar-refractivity contribution in [2.75, 3.05) is 47.5 Å². The van der Waals surface area contributed by atoms with Crippen LogP contribution < -0.4 is 0 Å². The molecule has 0 aliphatic heterocycles. The third-order valence-corrected chi connectivity index (χ3v) is 8.33. The Kier molecular flexibility index (Phi) is 30.7. The second-order valence-corrected chi connectivity index (χ2v) is 14.8. The van der Waals surface area contributed by atoms with E-state index < -0.39 is 32.5 Å². The predicted octanol–water partition coefficient (Wildman–Crippen LogP) is 9.90. The summed E-state index contributed by atoms with van der Waals surface area (Å²) in [7, 11) is 1.41. The van der Waals surface area contributed by atoms with Gasteiger partial charge in [0.2, 0.25) is 0 Å². The highest BCUT2D eigenvalue weighted by atomic mass is 31.2. The van der Waals surface area contributed by atoms with Gasteiger partial charge in [0.1, 0.15) is 19.8 Å². The molecule has 0 rings (SSSR count). The minimum Gasteiger partial charge on any atom is -0.462 e. The summed E-state index contributed by atoms with van der Waals surface area (Å²) in [6.45, 7) is 4.12. The fourth-order valence-corrected chi connectivity index (χ4v) is 5.13. The maximum atomic E-state index is 12.6. The van der Waals surface area contributed by atoms with Crippen LogP contribution in [0.5, 0.6) is 0 Å². The molecule has 0 spiro atoms. The second kappa shape index (κ2) is 32.4. The Morgan fingerprint density at radius 3 is 1.80 bits per heavy atom. The first-order chi connectivity index (χ1) is 24.0. The highest BCUT2D eigenvalue weighted by molar-refractivity contribution is 7.47. The van der Waals surface area contributed by atoms with Gasteiger partial charge in [-0.1, -0.05) is 125 Å². The third-order valence-electron chi connectivity index (χ3n) is 7.35. The quantitative estimate of drug-likeness (QED) is 0.0183. The number of ether oxygens (including phenoxy) is 2. The van der Waals surface area contributed by atoms with Crippen molar-refractivity contribution in [2.45, 2.75) is 123 Å². The fourth-order valence-electron chi connectivity index (χ4n) is 4.39. The number of nitrogens with zero attached hydrogens (tertiary/aromatic N) is 1. The van der Waals surface area contributed by atoms with Crippen LogP contribution in [0, 0.1) is 0 Å². The molecule has 0 bridgehead atoms. The van der Waals surface area contributed by atoms with Crippen molar-refractivity contribution in [3.05, 3.63) is 72.9 Å². The Balaban J connectivity index is 4.63. The number of rotatable bonds is 32. The van der Waals surface area contributed by atoms with Gasteiger partial charge >= 0.3 is 19.8 Å². The fraction of sp³-hybridized carbons (Fsp3) is 0.650. The zero-order chi connectivity index (χ0) is 37.2. The van der Waals surface area contributed by atoms with Crippen molar-refractivity contribution in [1.82, 2.24) is 0 Å². The first kappa shape index (κ1) is 47.4. The Labute approximate surface area is 304 Å². The average Bonchev–Trinajstić information content (AvgIpc) is 3.06.